The predicted octanol–water partition coefficient (Wildman–Crippen LogP) is 24.1. The number of benzene rings is 6. The summed E-state index contributed by atoms with van der Waals surface area (Å²) in [6.07, 6.45) is 0. The summed E-state index contributed by atoms with van der Waals surface area (Å²) in [6.45, 7) is 14.0. The number of Topliss-reactive ketones (excluding diaryl/α,β-unsaturated/α-hetero) is 1. The molecular formula is C82H68ClN24NaO14S13. The van der Waals surface area contributed by atoms with Gasteiger partial charge in [0.15, 0.2) is 16.0 Å². The Morgan fingerprint density at radius 3 is 0.778 bits per heavy atom. The number of halogens is 1. The summed E-state index contributed by atoms with van der Waals surface area (Å²) in [7, 11) is -4.34. The molecule has 0 fully saturated rings. The maximum atomic E-state index is 11.5. The molecule has 135 heavy (non-hydrogen) atoms. The van der Waals surface area contributed by atoms with E-state index in [9.17, 15) is 41.7 Å². The van der Waals surface area contributed by atoms with Gasteiger partial charge in [-0.1, -0.05) is 68.0 Å². The first-order valence-electron chi connectivity index (χ1n) is 38.5. The van der Waals surface area contributed by atoms with E-state index >= 15 is 0 Å². The largest absolute Gasteiger partial charge is 1.00 e. The number of nitrogens with one attached hydrogen (secondary N) is 1. The fourth-order valence-corrected chi connectivity index (χ4v) is 22.6. The van der Waals surface area contributed by atoms with Gasteiger partial charge in [0.2, 0.25) is 20.5 Å². The van der Waals surface area contributed by atoms with Gasteiger partial charge in [0.1, 0.15) is 69.4 Å². The molecule has 0 saturated heterocycles. The van der Waals surface area contributed by atoms with Crippen molar-refractivity contribution in [3.8, 4) is 0 Å². The van der Waals surface area contributed by atoms with E-state index in [4.69, 9.17) is 42.7 Å². The number of carbonyl (C=O) groups excluding carboxylic acids is 1. The van der Waals surface area contributed by atoms with Gasteiger partial charge in [0, 0.05) is 48.9 Å². The first-order valence-corrected chi connectivity index (χ1v) is 49.9. The van der Waals surface area contributed by atoms with Crippen molar-refractivity contribution in [1.29, 1.82) is 0 Å². The average molecular weight is 2090 g/mol. The molecule has 53 heteroatoms. The molecule has 12 N–H and O–H groups in total. The number of carboxylic acids is 5. The van der Waals surface area contributed by atoms with Gasteiger partial charge in [0.25, 0.3) is 0 Å². The van der Waals surface area contributed by atoms with Gasteiger partial charge in [-0.15, -0.1) is 121 Å². The minimum Gasteiger partial charge on any atom is -0.747 e. The maximum absolute atomic E-state index is 11.5. The molecule has 0 unspecified atom stereocenters. The van der Waals surface area contributed by atoms with E-state index in [2.05, 4.69) is 158 Å². The topological polar surface area (TPSA) is 583 Å². The van der Waals surface area contributed by atoms with Crippen LogP contribution < -0.4 is 61.9 Å². The molecule has 0 aliphatic rings. The van der Waals surface area contributed by atoms with Crippen molar-refractivity contribution in [3.05, 3.63) is 211 Å². The van der Waals surface area contributed by atoms with Gasteiger partial charge in [-0.25, -0.2) is 62.3 Å². The molecule has 0 atom stereocenters. The van der Waals surface area contributed by atoms with Crippen LogP contribution in [0.1, 0.15) is 92.6 Å². The number of azo groups is 6. The third-order valence-electron chi connectivity index (χ3n) is 17.4. The number of hydrogen-bond donors (Lipinski definition) is 9. The smallest absolute Gasteiger partial charge is 0.747 e. The van der Waals surface area contributed by atoms with Gasteiger partial charge in [-0.3, -0.25) is 4.79 Å². The number of carbonyl (C=O) groups is 6. The maximum Gasteiger partial charge on any atom is 1.00 e. The molecule has 6 aromatic carbocycles. The van der Waals surface area contributed by atoms with Crippen molar-refractivity contribution in [2.45, 2.75) is 34.6 Å². The zero-order valence-electron chi connectivity index (χ0n) is 70.7. The number of nitrogens with zero attached hydrogens (tertiary/aromatic N) is 20. The van der Waals surface area contributed by atoms with Gasteiger partial charge in [0.05, 0.1) is 78.6 Å². The second-order valence-corrected chi connectivity index (χ2v) is 40.2. The van der Waals surface area contributed by atoms with Crippen LogP contribution in [0.3, 0.4) is 0 Å². The van der Waals surface area contributed by atoms with Crippen LogP contribution in [-0.2, 0) is 10.1 Å². The van der Waals surface area contributed by atoms with E-state index in [1.165, 1.54) is 90.7 Å². The third-order valence-corrected chi connectivity index (χ3v) is 30.1. The summed E-state index contributed by atoms with van der Waals surface area (Å²) < 4.78 is 36.6. The molecule has 0 aliphatic carbocycles. The zero-order chi connectivity index (χ0) is 94.6. The summed E-state index contributed by atoms with van der Waals surface area (Å²) in [5.41, 5.74) is 25.5. The number of thiazole rings is 6. The molecule has 0 amide bonds. The van der Waals surface area contributed by atoms with Crippen LogP contribution in [0.5, 0.6) is 0 Å². The quantitative estimate of drug-likeness (QED) is 0.00759. The van der Waals surface area contributed by atoms with Gasteiger partial charge in [-0.05, 0) is 217 Å². The van der Waals surface area contributed by atoms with Crippen molar-refractivity contribution in [3.63, 3.8) is 0 Å². The SMILES string of the molecule is CCN(CC)c1ccc(N=Nc2ccc(N=Nc3nc4sc(C(=O)O)cc4s3)cc2)cc1.CCN(CC)c1ccc(N=Nc2ccc(N=Nc3nc4sc(C(C)=O)cc4s3)cc2)cc1.Cl.Nc1ccc(N=Nc2nc3sc(C(=O)O)cc3s2)cc1.Nc1nc2sc(C(=O)O)cc2s1.Nc1nc2sc(C(=O)O)cc2s1.O=C(O)c1cc2sc(N=Nc3ccc(NCS(=O)(=O)[O-])cc3)nc2s1.[Na+]. The van der Waals surface area contributed by atoms with Crippen LogP contribution >= 0.6 is 148 Å². The number of aromatic carboxylic acids is 5. The third kappa shape index (κ3) is 29.3. The van der Waals surface area contributed by atoms with Crippen molar-refractivity contribution in [1.82, 2.24) is 29.9 Å². The predicted molar refractivity (Wildman–Crippen MR) is 539 cm³/mol. The minimum absolute atomic E-state index is 0. The molecule has 0 saturated carbocycles. The Hall–Kier alpha value is -12.5. The monoisotopic (exact) mass is 2090 g/mol. The van der Waals surface area contributed by atoms with Crippen LogP contribution in [0.4, 0.5) is 99.0 Å². The van der Waals surface area contributed by atoms with Crippen LogP contribution in [0.2, 0.25) is 0 Å². The first kappa shape index (κ1) is 103. The van der Waals surface area contributed by atoms with Gasteiger partial charge < -0.3 is 62.4 Å². The standard InChI is InChI=1S/C23H22N6OS2.C22H20N6O2S2.C13H10N4O5S3.C12H8N4O2S2.2C6H4N2O2S2.ClH.Na/c1-4-29(5-2)19-12-10-18(11-13-19)26-25-16-6-8-17(9-7-16)27-28-23-24-22-21(32-23)14-20(31-22)15(3)30;1-3-28(4-2)17-11-9-16(10-12-17)25-24-14-5-7-15(8-6-14)26-27-22-23-20-18(32-22)13-19(31-20)21(29)30;18-12(19)10-5-9-11(23-10)15-13(24-9)17-16-8-3-1-7(2-4-8)14-6-25(20,21)22;13-6-1-3-7(4-2-6)15-16-12-14-10-8(20-12)5-9(19-10)11(17)18;2*7-6-8-4-2(12-6)1-3(11-4)5(9)10;;/h6-14H,4-5H2,1-3H3;5-13H,3-4H2,1-2H3,(H,29,30);1-5,14H,6H2,(H,18,19)(H,20,21,22);1-5H,13H2,(H,17,18);2*1H,(H2,7,8)(H,9,10);1H;/q;;;;;;;+1/p-1. The number of rotatable bonds is 27. The number of ketones is 1. The Bertz CT molecular complexity index is 7050. The average Bonchev–Trinajstić information content (AvgIpc) is 1.70. The summed E-state index contributed by atoms with van der Waals surface area (Å²) in [4.78, 5) is 101. The summed E-state index contributed by atoms with van der Waals surface area (Å²) in [5, 5.41) is 99.6. The van der Waals surface area contributed by atoms with E-state index in [0.29, 0.717) is 109 Å². The summed E-state index contributed by atoms with van der Waals surface area (Å²) >= 11 is 14.9. The van der Waals surface area contributed by atoms with E-state index < -0.39 is 45.8 Å². The van der Waals surface area contributed by atoms with Crippen LogP contribution in [0.15, 0.2) is 243 Å². The van der Waals surface area contributed by atoms with Crippen molar-refractivity contribution >= 4 is 350 Å². The number of thiophene rings is 6. The normalized spacial score (nSPS) is 11.4. The van der Waals surface area contributed by atoms with Crippen molar-refractivity contribution in [2.75, 3.05) is 64.4 Å². The number of aromatic nitrogens is 6. The number of nitrogens with two attached hydrogens (primary N) is 3. The number of nitrogen functional groups attached to an aromatic ring is 3. The fourth-order valence-electron chi connectivity index (χ4n) is 11.1. The first-order chi connectivity index (χ1) is 63.8. The summed E-state index contributed by atoms with van der Waals surface area (Å²) in [6, 6.07) is 53.9. The molecular weight excluding hydrogens is 2020 g/mol. The molecule has 38 nitrogen and oxygen atoms in total. The molecule has 686 valence electrons. The van der Waals surface area contributed by atoms with E-state index in [-0.39, 0.29) is 62.4 Å². The Morgan fingerprint density at radius 2 is 0.548 bits per heavy atom. The van der Waals surface area contributed by atoms with Crippen LogP contribution in [-0.4, -0.2) is 136 Å². The van der Waals surface area contributed by atoms with Gasteiger partial charge in [-0.2, -0.15) is 20.5 Å². The number of hydrogen-bond acceptors (Lipinski definition) is 45. The molecule has 12 heterocycles. The Labute approximate surface area is 840 Å². The van der Waals surface area contributed by atoms with Crippen molar-refractivity contribution < 1.29 is 96.8 Å². The van der Waals surface area contributed by atoms with Gasteiger partial charge >= 0.3 is 59.4 Å². The second kappa shape index (κ2) is 48.1. The van der Waals surface area contributed by atoms with Crippen LogP contribution in [0, 0.1) is 0 Å². The van der Waals surface area contributed by atoms with E-state index in [0.717, 1.165) is 133 Å². The summed E-state index contributed by atoms with van der Waals surface area (Å²) in [5.74, 6) is -5.34. The zero-order valence-corrected chi connectivity index (χ0v) is 84.1. The second-order valence-electron chi connectivity index (χ2n) is 26.5. The van der Waals surface area contributed by atoms with E-state index in [1.807, 2.05) is 66.7 Å². The Morgan fingerprint density at radius 1 is 0.333 bits per heavy atom. The fraction of sp³-hybridized carbons (Fsp3) is 0.122. The molecule has 12 aromatic heterocycles. The number of carboxylic acid groups (broad SMARTS) is 5. The molecule has 0 aliphatic heterocycles. The molecule has 18 aromatic rings. The molecule has 0 spiro atoms. The van der Waals surface area contributed by atoms with Crippen LogP contribution in [0.25, 0.3) is 57.2 Å². The number of anilines is 6. The molecule has 0 radical (unpaired) electrons. The minimum atomic E-state index is -4.34. The van der Waals surface area contributed by atoms with Crippen molar-refractivity contribution in [2.24, 2.45) is 61.4 Å². The molecule has 18 rings (SSSR count). The molecule has 0 bridgehead atoms. The number of fused-ring (bicyclic) bond motifs is 6. The Balaban J connectivity index is 0.000000160. The van der Waals surface area contributed by atoms with E-state index in [1.54, 1.807) is 97.9 Å². The Kier molecular flexibility index (Phi) is 36.7.